The van der Waals surface area contributed by atoms with Gasteiger partial charge in [-0.1, -0.05) is 16.3 Å². The molecule has 9 heteroatoms. The van der Waals surface area contributed by atoms with Gasteiger partial charge in [0.2, 0.25) is 0 Å². The van der Waals surface area contributed by atoms with Gasteiger partial charge in [0.15, 0.2) is 4.21 Å². The second-order valence-electron chi connectivity index (χ2n) is 5.54. The second-order valence-corrected chi connectivity index (χ2v) is 8.40. The summed E-state index contributed by atoms with van der Waals surface area (Å²) < 4.78 is 44.6. The van der Waals surface area contributed by atoms with Crippen LogP contribution in [0.3, 0.4) is 0 Å². The van der Waals surface area contributed by atoms with E-state index < -0.39 is 15.6 Å². The highest BCUT2D eigenvalue weighted by molar-refractivity contribution is 7.92. The maximum atomic E-state index is 13.3. The third kappa shape index (κ3) is 3.11. The fourth-order valence-corrected chi connectivity index (χ4v) is 5.36. The van der Waals surface area contributed by atoms with Gasteiger partial charge in [-0.25, -0.2) is 9.18 Å². The SMILES string of the molecule is O=c1ccn(S(=O)(=O)c2scc(-c3ccc(F)cc3)c2-c2ccncc2)o1. The van der Waals surface area contributed by atoms with Crippen molar-refractivity contribution in [1.29, 1.82) is 0 Å². The minimum absolute atomic E-state index is 0.00683. The van der Waals surface area contributed by atoms with Crippen LogP contribution in [0.15, 0.2) is 80.0 Å². The van der Waals surface area contributed by atoms with E-state index >= 15 is 0 Å². The summed E-state index contributed by atoms with van der Waals surface area (Å²) in [5.74, 6) is -0.388. The number of nitrogens with zero attached hydrogens (tertiary/aromatic N) is 2. The van der Waals surface area contributed by atoms with Crippen molar-refractivity contribution < 1.29 is 17.3 Å². The molecule has 0 aliphatic carbocycles. The summed E-state index contributed by atoms with van der Waals surface area (Å²) in [5, 5.41) is 1.68. The van der Waals surface area contributed by atoms with Gasteiger partial charge in [-0.05, 0) is 35.4 Å². The lowest BCUT2D eigenvalue weighted by Gasteiger charge is -2.09. The second kappa shape index (κ2) is 6.60. The molecule has 0 radical (unpaired) electrons. The van der Waals surface area contributed by atoms with E-state index in [4.69, 9.17) is 4.52 Å². The van der Waals surface area contributed by atoms with E-state index in [9.17, 15) is 17.6 Å². The van der Waals surface area contributed by atoms with E-state index in [-0.39, 0.29) is 10.0 Å². The number of benzene rings is 1. The molecule has 4 aromatic rings. The fourth-order valence-electron chi connectivity index (χ4n) is 2.65. The zero-order chi connectivity index (χ0) is 19.0. The average Bonchev–Trinajstić information content (AvgIpc) is 3.30. The minimum atomic E-state index is -4.12. The van der Waals surface area contributed by atoms with Gasteiger partial charge >= 0.3 is 15.6 Å². The Morgan fingerprint density at radius 2 is 1.70 bits per heavy atom. The Morgan fingerprint density at radius 1 is 1.00 bits per heavy atom. The Bertz CT molecular complexity index is 1260. The van der Waals surface area contributed by atoms with Gasteiger partial charge in [-0.3, -0.25) is 4.98 Å². The van der Waals surface area contributed by atoms with Crippen LogP contribution >= 0.6 is 11.3 Å². The predicted molar refractivity (Wildman–Crippen MR) is 98.5 cm³/mol. The van der Waals surface area contributed by atoms with Crippen molar-refractivity contribution in [3.05, 3.63) is 82.7 Å². The van der Waals surface area contributed by atoms with Crippen LogP contribution in [0.1, 0.15) is 0 Å². The van der Waals surface area contributed by atoms with Crippen LogP contribution in [0.5, 0.6) is 0 Å². The molecule has 0 fully saturated rings. The molecular formula is C18H11FN2O4S2. The lowest BCUT2D eigenvalue weighted by atomic mass is 10.00. The van der Waals surface area contributed by atoms with Crippen molar-refractivity contribution in [2.75, 3.05) is 0 Å². The van der Waals surface area contributed by atoms with Crippen LogP contribution in [0, 0.1) is 5.82 Å². The van der Waals surface area contributed by atoms with Crippen LogP contribution in [0.2, 0.25) is 0 Å². The number of pyridine rings is 1. The maximum Gasteiger partial charge on any atom is 0.359 e. The molecule has 0 saturated carbocycles. The van der Waals surface area contributed by atoms with Crippen LogP contribution < -0.4 is 5.63 Å². The molecule has 27 heavy (non-hydrogen) atoms. The van der Waals surface area contributed by atoms with Gasteiger partial charge in [0, 0.05) is 35.0 Å². The van der Waals surface area contributed by atoms with Crippen molar-refractivity contribution in [2.45, 2.75) is 4.21 Å². The number of aromatic nitrogens is 2. The van der Waals surface area contributed by atoms with Crippen molar-refractivity contribution in [3.63, 3.8) is 0 Å². The molecule has 4 rings (SSSR count). The molecular weight excluding hydrogens is 391 g/mol. The quantitative estimate of drug-likeness (QED) is 0.521. The first kappa shape index (κ1) is 17.4. The summed E-state index contributed by atoms with van der Waals surface area (Å²) in [7, 11) is -4.12. The summed E-state index contributed by atoms with van der Waals surface area (Å²) in [4.78, 5) is 15.3. The monoisotopic (exact) mass is 402 g/mol. The Morgan fingerprint density at radius 3 is 2.33 bits per heavy atom. The maximum absolute atomic E-state index is 13.3. The smallest absolute Gasteiger partial charge is 0.321 e. The molecule has 0 saturated heterocycles. The standard InChI is InChI=1S/C18H11FN2O4S2/c19-14-3-1-12(2-4-14)15-11-26-18(17(15)13-5-8-20-9-6-13)27(23,24)21-10-7-16(22)25-21/h1-11H. The van der Waals surface area contributed by atoms with Gasteiger partial charge in [0.1, 0.15) is 5.82 Å². The molecule has 1 aromatic carbocycles. The molecule has 0 amide bonds. The lowest BCUT2D eigenvalue weighted by Crippen LogP contribution is -2.11. The Labute approximate surface area is 157 Å². The number of hydrogen-bond acceptors (Lipinski definition) is 6. The lowest BCUT2D eigenvalue weighted by molar-refractivity contribution is 0.343. The van der Waals surface area contributed by atoms with Gasteiger partial charge in [-0.2, -0.15) is 8.42 Å². The summed E-state index contributed by atoms with van der Waals surface area (Å²) in [5.41, 5.74) is 1.58. The Balaban J connectivity index is 1.98. The highest BCUT2D eigenvalue weighted by Crippen LogP contribution is 2.42. The summed E-state index contributed by atoms with van der Waals surface area (Å²) >= 11 is 0.996. The van der Waals surface area contributed by atoms with Crippen molar-refractivity contribution in [3.8, 4) is 22.3 Å². The molecule has 3 heterocycles. The highest BCUT2D eigenvalue weighted by atomic mass is 32.2. The van der Waals surface area contributed by atoms with Gasteiger partial charge in [0.25, 0.3) is 0 Å². The first-order chi connectivity index (χ1) is 13.0. The summed E-state index contributed by atoms with van der Waals surface area (Å²) in [6.45, 7) is 0. The van der Waals surface area contributed by atoms with E-state index in [1.165, 1.54) is 12.1 Å². The Hall–Kier alpha value is -3.04. The topological polar surface area (TPSA) is 82.2 Å². The molecule has 0 aliphatic rings. The van der Waals surface area contributed by atoms with E-state index in [0.29, 0.717) is 26.4 Å². The average molecular weight is 402 g/mol. The van der Waals surface area contributed by atoms with Crippen molar-refractivity contribution >= 4 is 21.4 Å². The summed E-state index contributed by atoms with van der Waals surface area (Å²) in [6.07, 6.45) is 4.16. The Kier molecular flexibility index (Phi) is 4.25. The predicted octanol–water partition coefficient (Wildman–Crippen LogP) is 3.61. The van der Waals surface area contributed by atoms with E-state index in [1.807, 2.05) is 0 Å². The highest BCUT2D eigenvalue weighted by Gasteiger charge is 2.28. The van der Waals surface area contributed by atoms with Gasteiger partial charge in [-0.15, -0.1) is 11.3 Å². The fraction of sp³-hybridized carbons (Fsp3) is 0. The minimum Gasteiger partial charge on any atom is -0.321 e. The van der Waals surface area contributed by atoms with Crippen LogP contribution in [0.25, 0.3) is 22.3 Å². The molecule has 0 atom stereocenters. The number of thiophene rings is 1. The first-order valence-corrected chi connectivity index (χ1v) is 10.0. The zero-order valence-electron chi connectivity index (χ0n) is 13.6. The van der Waals surface area contributed by atoms with Gasteiger partial charge in [0.05, 0.1) is 6.20 Å². The van der Waals surface area contributed by atoms with Crippen LogP contribution in [-0.2, 0) is 10.0 Å². The van der Waals surface area contributed by atoms with Crippen molar-refractivity contribution in [2.24, 2.45) is 0 Å². The molecule has 6 nitrogen and oxygen atoms in total. The molecule has 0 N–H and O–H groups in total. The number of hydrogen-bond donors (Lipinski definition) is 0. The molecule has 0 spiro atoms. The van der Waals surface area contributed by atoms with E-state index in [0.717, 1.165) is 23.6 Å². The largest absolute Gasteiger partial charge is 0.359 e. The molecule has 0 unspecified atom stereocenters. The number of halogens is 1. The van der Waals surface area contributed by atoms with E-state index in [2.05, 4.69) is 4.98 Å². The summed E-state index contributed by atoms with van der Waals surface area (Å²) in [6, 6.07) is 10.2. The zero-order valence-corrected chi connectivity index (χ0v) is 15.2. The van der Waals surface area contributed by atoms with Crippen molar-refractivity contribution in [1.82, 2.24) is 9.13 Å². The van der Waals surface area contributed by atoms with Gasteiger partial charge < -0.3 is 4.52 Å². The third-order valence-corrected chi connectivity index (χ3v) is 6.90. The molecule has 3 aromatic heterocycles. The normalized spacial score (nSPS) is 11.6. The first-order valence-electron chi connectivity index (χ1n) is 7.69. The van der Waals surface area contributed by atoms with Crippen LogP contribution in [0.4, 0.5) is 4.39 Å². The number of rotatable bonds is 4. The van der Waals surface area contributed by atoms with Crippen LogP contribution in [-0.4, -0.2) is 17.5 Å². The molecule has 136 valence electrons. The third-order valence-electron chi connectivity index (χ3n) is 3.86. The molecule has 0 bridgehead atoms. The molecule has 0 aliphatic heterocycles. The van der Waals surface area contributed by atoms with E-state index in [1.54, 1.807) is 42.0 Å².